The molecule has 2 saturated carbocycles. The summed E-state index contributed by atoms with van der Waals surface area (Å²) in [5.41, 5.74) is 0.995. The average molecular weight is 559 g/mol. The van der Waals surface area contributed by atoms with Gasteiger partial charge in [-0.05, 0) is 47.8 Å². The molecule has 2 bridgehead atoms. The van der Waals surface area contributed by atoms with E-state index in [4.69, 9.17) is 14.6 Å². The first-order chi connectivity index (χ1) is 18.2. The van der Waals surface area contributed by atoms with Crippen LogP contribution in [0.4, 0.5) is 0 Å². The first-order valence-electron chi connectivity index (χ1n) is 13.0. The van der Waals surface area contributed by atoms with Gasteiger partial charge in [-0.15, -0.1) is 11.8 Å². The lowest BCUT2D eigenvalue weighted by atomic mass is 9.68. The van der Waals surface area contributed by atoms with E-state index in [1.54, 1.807) is 18.9 Å². The molecule has 2 aliphatic heterocycles. The van der Waals surface area contributed by atoms with E-state index in [0.717, 1.165) is 21.9 Å². The Morgan fingerprint density at radius 1 is 1.16 bits per heavy atom. The van der Waals surface area contributed by atoms with Gasteiger partial charge in [0.25, 0.3) is 0 Å². The van der Waals surface area contributed by atoms with Crippen LogP contribution in [0, 0.1) is 35.5 Å². The molecule has 0 radical (unpaired) electrons. The molecular formula is C27H30N2O7S2. The quantitative estimate of drug-likeness (QED) is 0.472. The molecule has 1 aromatic heterocycles. The van der Waals surface area contributed by atoms with Gasteiger partial charge in [0.05, 0.1) is 37.0 Å². The number of benzene rings is 1. The van der Waals surface area contributed by atoms with E-state index < -0.39 is 17.8 Å². The number of fused-ring (bicyclic) bond motifs is 9. The highest BCUT2D eigenvalue weighted by Crippen LogP contribution is 2.68. The minimum atomic E-state index is -1.03. The summed E-state index contributed by atoms with van der Waals surface area (Å²) in [4.78, 5) is 55.4. The maximum Gasteiger partial charge on any atom is 0.305 e. The molecule has 6 rings (SSSR count). The van der Waals surface area contributed by atoms with Crippen molar-refractivity contribution < 1.29 is 29.0 Å². The van der Waals surface area contributed by atoms with Crippen molar-refractivity contribution in [2.24, 2.45) is 35.5 Å². The zero-order valence-electron chi connectivity index (χ0n) is 21.3. The maximum absolute atomic E-state index is 13.5. The number of hydrogen-bond acceptors (Lipinski definition) is 8. The van der Waals surface area contributed by atoms with E-state index in [-0.39, 0.29) is 58.6 Å². The molecule has 2 aliphatic carbocycles. The fraction of sp³-hybridized carbons (Fsp3) is 0.556. The Labute approximate surface area is 227 Å². The van der Waals surface area contributed by atoms with Crippen LogP contribution in [0.5, 0.6) is 11.5 Å². The topological polar surface area (TPSA) is 126 Å². The predicted octanol–water partition coefficient (Wildman–Crippen LogP) is 3.43. The number of methoxy groups -OCH3 is 1. The van der Waals surface area contributed by atoms with Crippen molar-refractivity contribution in [2.45, 2.75) is 42.9 Å². The summed E-state index contributed by atoms with van der Waals surface area (Å²) in [6.07, 6.45) is 0.532. The van der Waals surface area contributed by atoms with Gasteiger partial charge < -0.3 is 19.6 Å². The number of nitrogens with zero attached hydrogens (tertiary/aromatic N) is 1. The van der Waals surface area contributed by atoms with Crippen LogP contribution in [-0.4, -0.2) is 58.3 Å². The number of thioether (sulfide) groups is 1. The molecule has 4 aliphatic rings. The van der Waals surface area contributed by atoms with Crippen LogP contribution >= 0.6 is 23.1 Å². The van der Waals surface area contributed by atoms with Gasteiger partial charge in [-0.2, -0.15) is 0 Å². The van der Waals surface area contributed by atoms with Crippen LogP contribution in [0.1, 0.15) is 43.0 Å². The fourth-order valence-electron chi connectivity index (χ4n) is 7.13. The van der Waals surface area contributed by atoms with Crippen LogP contribution in [-0.2, 0) is 14.4 Å². The second-order valence-electron chi connectivity index (χ2n) is 11.0. The molecule has 7 unspecified atom stereocenters. The van der Waals surface area contributed by atoms with Crippen molar-refractivity contribution in [1.29, 1.82) is 0 Å². The number of rotatable bonds is 8. The highest BCUT2D eigenvalue weighted by molar-refractivity contribution is 8.00. The van der Waals surface area contributed by atoms with Gasteiger partial charge >= 0.3 is 10.8 Å². The number of aliphatic carboxylic acids is 1. The third-order valence-electron chi connectivity index (χ3n) is 8.48. The number of carboxylic acid groups (broad SMARTS) is 1. The van der Waals surface area contributed by atoms with E-state index in [1.165, 1.54) is 16.2 Å². The van der Waals surface area contributed by atoms with E-state index >= 15 is 0 Å². The highest BCUT2D eigenvalue weighted by atomic mass is 32.2. The summed E-state index contributed by atoms with van der Waals surface area (Å²) < 4.78 is 11.7. The summed E-state index contributed by atoms with van der Waals surface area (Å²) in [6.45, 7) is 4.64. The molecule has 3 heterocycles. The fourth-order valence-corrected chi connectivity index (χ4v) is 10.0. The van der Waals surface area contributed by atoms with Gasteiger partial charge in [0.2, 0.25) is 11.8 Å². The second-order valence-corrected chi connectivity index (χ2v) is 13.3. The number of amides is 2. The standard InChI is InChI=1S/C27H30N2O7S2/c1-11(2)10-36-15-5-4-12(8-16(15)35-3)18-19-13-9-14(22(19)37-24-23(18)38-27(34)28-24)21-20(13)25(32)29(26(21)33)7-6-17(30)31/h4-5,8,11,13-14,18-22H,6-7,9-10H2,1-3H3,(H,28,34)(H,30,31). The summed E-state index contributed by atoms with van der Waals surface area (Å²) in [7, 11) is 1.61. The number of carbonyl (C=O) groups is 3. The van der Waals surface area contributed by atoms with E-state index in [0.29, 0.717) is 24.0 Å². The lowest BCUT2D eigenvalue weighted by Gasteiger charge is -2.43. The Morgan fingerprint density at radius 3 is 2.58 bits per heavy atom. The Morgan fingerprint density at radius 2 is 1.89 bits per heavy atom. The Hall–Kier alpha value is -2.79. The Balaban J connectivity index is 1.38. The number of likely N-dealkylation sites (tertiary alicyclic amines) is 1. The maximum atomic E-state index is 13.5. The lowest BCUT2D eigenvalue weighted by Crippen LogP contribution is -2.42. The number of nitrogens with one attached hydrogen (secondary N) is 1. The van der Waals surface area contributed by atoms with Gasteiger partial charge in [0, 0.05) is 22.6 Å². The zero-order chi connectivity index (χ0) is 26.9. The SMILES string of the molecule is COc1cc(C2c3sc(=O)[nH]c3SC3C4CC(C5C(=O)N(CCC(=O)O)C(=O)C45)C23)ccc1OCC(C)C. The van der Waals surface area contributed by atoms with Crippen LogP contribution in [0.2, 0.25) is 0 Å². The number of imide groups is 1. The smallest absolute Gasteiger partial charge is 0.305 e. The molecule has 11 heteroatoms. The number of hydrogen-bond donors (Lipinski definition) is 2. The number of carboxylic acids is 1. The number of H-pyrrole nitrogens is 1. The molecule has 2 N–H and O–H groups in total. The van der Waals surface area contributed by atoms with Gasteiger partial charge in [0.15, 0.2) is 11.5 Å². The summed E-state index contributed by atoms with van der Waals surface area (Å²) >= 11 is 2.84. The zero-order valence-corrected chi connectivity index (χ0v) is 23.0. The Bertz CT molecular complexity index is 1370. The first-order valence-corrected chi connectivity index (χ1v) is 14.7. The summed E-state index contributed by atoms with van der Waals surface area (Å²) in [5.74, 6) is -0.787. The van der Waals surface area contributed by atoms with Gasteiger partial charge in [0.1, 0.15) is 0 Å². The van der Waals surface area contributed by atoms with Gasteiger partial charge in [-0.1, -0.05) is 31.3 Å². The molecule has 1 saturated heterocycles. The van der Waals surface area contributed by atoms with Crippen LogP contribution in [0.25, 0.3) is 0 Å². The third kappa shape index (κ3) is 3.88. The molecule has 3 fully saturated rings. The number of aromatic amines is 1. The first kappa shape index (κ1) is 25.5. The van der Waals surface area contributed by atoms with E-state index in [2.05, 4.69) is 18.8 Å². The Kier molecular flexibility index (Phi) is 6.33. The molecule has 0 spiro atoms. The predicted molar refractivity (Wildman–Crippen MR) is 141 cm³/mol. The molecular weight excluding hydrogens is 528 g/mol. The highest BCUT2D eigenvalue weighted by Gasteiger charge is 2.69. The third-order valence-corrected chi connectivity index (χ3v) is 11.1. The largest absolute Gasteiger partial charge is 0.493 e. The van der Waals surface area contributed by atoms with Crippen molar-refractivity contribution >= 4 is 40.9 Å². The van der Waals surface area contributed by atoms with Crippen molar-refractivity contribution in [3.63, 3.8) is 0 Å². The normalized spacial score (nSPS) is 30.9. The van der Waals surface area contributed by atoms with E-state index in [9.17, 15) is 19.2 Å². The van der Waals surface area contributed by atoms with Crippen molar-refractivity contribution in [1.82, 2.24) is 9.88 Å². The van der Waals surface area contributed by atoms with Crippen molar-refractivity contribution in [2.75, 3.05) is 20.3 Å². The molecule has 202 valence electrons. The molecule has 2 amide bonds. The lowest BCUT2D eigenvalue weighted by molar-refractivity contribution is -0.142. The van der Waals surface area contributed by atoms with Crippen molar-refractivity contribution in [3.05, 3.63) is 38.3 Å². The number of thiazole rings is 1. The molecule has 38 heavy (non-hydrogen) atoms. The number of ether oxygens (including phenoxy) is 2. The number of carbonyl (C=O) groups excluding carboxylic acids is 2. The summed E-state index contributed by atoms with van der Waals surface area (Å²) in [6, 6.07) is 5.91. The minimum absolute atomic E-state index is 0.000809. The number of aromatic nitrogens is 1. The second kappa shape index (κ2) is 9.44. The van der Waals surface area contributed by atoms with Crippen LogP contribution < -0.4 is 14.3 Å². The van der Waals surface area contributed by atoms with Gasteiger partial charge in [-0.25, -0.2) is 0 Å². The monoisotopic (exact) mass is 558 g/mol. The molecule has 9 nitrogen and oxygen atoms in total. The van der Waals surface area contributed by atoms with Gasteiger partial charge in [-0.3, -0.25) is 24.1 Å². The molecule has 2 aromatic rings. The van der Waals surface area contributed by atoms with E-state index in [1.807, 2.05) is 18.2 Å². The average Bonchev–Trinajstić information content (AvgIpc) is 3.60. The molecule has 1 aromatic carbocycles. The minimum Gasteiger partial charge on any atom is -0.493 e. The van der Waals surface area contributed by atoms with Crippen molar-refractivity contribution in [3.8, 4) is 11.5 Å². The molecule has 7 atom stereocenters. The summed E-state index contributed by atoms with van der Waals surface area (Å²) in [5, 5.41) is 10.0. The van der Waals surface area contributed by atoms with Crippen LogP contribution in [0.3, 0.4) is 0 Å². The van der Waals surface area contributed by atoms with Crippen LogP contribution in [0.15, 0.2) is 28.0 Å².